The fourth-order valence-electron chi connectivity index (χ4n) is 1.82. The summed E-state index contributed by atoms with van der Waals surface area (Å²) in [6.45, 7) is 4.31. The van der Waals surface area contributed by atoms with Crippen LogP contribution in [0.3, 0.4) is 0 Å². The molecule has 0 radical (unpaired) electrons. The number of aromatic nitrogens is 3. The SMILES string of the molecule is COC(C)(C)CNc1c(C(=O)O)cnc2c1cnn2C. The number of hydrogen-bond acceptors (Lipinski definition) is 5. The molecule has 0 amide bonds. The third-order valence-electron chi connectivity index (χ3n) is 3.24. The number of anilines is 1. The standard InChI is InChI=1S/C13H18N4O3/c1-13(2,20-4)7-15-10-8-6-16-17(3)11(8)14-5-9(10)12(18)19/h5-6H,7H2,1-4H3,(H,14,15)(H,18,19). The van der Waals surface area contributed by atoms with Crippen molar-refractivity contribution in [2.24, 2.45) is 7.05 Å². The van der Waals surface area contributed by atoms with Gasteiger partial charge in [-0.05, 0) is 13.8 Å². The molecule has 0 aromatic carbocycles. The maximum absolute atomic E-state index is 11.3. The van der Waals surface area contributed by atoms with E-state index in [4.69, 9.17) is 4.74 Å². The van der Waals surface area contributed by atoms with Crippen LogP contribution in [0.5, 0.6) is 0 Å². The van der Waals surface area contributed by atoms with Crippen LogP contribution >= 0.6 is 0 Å². The number of carbonyl (C=O) groups is 1. The third-order valence-corrected chi connectivity index (χ3v) is 3.24. The van der Waals surface area contributed by atoms with E-state index in [1.807, 2.05) is 13.8 Å². The lowest BCUT2D eigenvalue weighted by Crippen LogP contribution is -2.32. The van der Waals surface area contributed by atoms with E-state index in [1.54, 1.807) is 25.0 Å². The van der Waals surface area contributed by atoms with Gasteiger partial charge in [0.25, 0.3) is 0 Å². The molecule has 0 bridgehead atoms. The molecule has 20 heavy (non-hydrogen) atoms. The Hall–Kier alpha value is -2.15. The van der Waals surface area contributed by atoms with Crippen LogP contribution in [0.1, 0.15) is 24.2 Å². The maximum atomic E-state index is 11.3. The molecule has 0 aliphatic heterocycles. The van der Waals surface area contributed by atoms with Crippen LogP contribution in [-0.4, -0.2) is 45.1 Å². The normalized spacial score (nSPS) is 11.8. The van der Waals surface area contributed by atoms with Crippen LogP contribution in [0.15, 0.2) is 12.4 Å². The quantitative estimate of drug-likeness (QED) is 0.861. The average molecular weight is 278 g/mol. The molecule has 108 valence electrons. The highest BCUT2D eigenvalue weighted by atomic mass is 16.5. The molecule has 0 fully saturated rings. The van der Waals surface area contributed by atoms with Gasteiger partial charge in [0.2, 0.25) is 0 Å². The summed E-state index contributed by atoms with van der Waals surface area (Å²) in [4.78, 5) is 15.5. The van der Waals surface area contributed by atoms with Crippen LogP contribution in [0, 0.1) is 0 Å². The van der Waals surface area contributed by atoms with Crippen molar-refractivity contribution in [1.82, 2.24) is 14.8 Å². The average Bonchev–Trinajstić information content (AvgIpc) is 2.78. The van der Waals surface area contributed by atoms with E-state index in [-0.39, 0.29) is 5.56 Å². The molecule has 2 rings (SSSR count). The van der Waals surface area contributed by atoms with Gasteiger partial charge in [-0.25, -0.2) is 9.78 Å². The molecule has 0 saturated carbocycles. The molecule has 2 aromatic rings. The number of carboxylic acids is 1. The van der Waals surface area contributed by atoms with Crippen molar-refractivity contribution >= 4 is 22.7 Å². The second-order valence-electron chi connectivity index (χ2n) is 5.17. The van der Waals surface area contributed by atoms with Crippen molar-refractivity contribution in [3.8, 4) is 0 Å². The molecule has 0 spiro atoms. The van der Waals surface area contributed by atoms with E-state index in [0.717, 1.165) is 0 Å². The predicted molar refractivity (Wildman–Crippen MR) is 75.0 cm³/mol. The van der Waals surface area contributed by atoms with Crippen molar-refractivity contribution in [3.63, 3.8) is 0 Å². The van der Waals surface area contributed by atoms with Gasteiger partial charge < -0.3 is 15.2 Å². The zero-order valence-corrected chi connectivity index (χ0v) is 12.0. The summed E-state index contributed by atoms with van der Waals surface area (Å²) in [6, 6.07) is 0. The number of carboxylic acid groups (broad SMARTS) is 1. The predicted octanol–water partition coefficient (Wildman–Crippen LogP) is 1.50. The highest BCUT2D eigenvalue weighted by molar-refractivity contribution is 6.03. The topological polar surface area (TPSA) is 89.3 Å². The summed E-state index contributed by atoms with van der Waals surface area (Å²) < 4.78 is 6.94. The first-order chi connectivity index (χ1) is 9.35. The minimum Gasteiger partial charge on any atom is -0.478 e. The van der Waals surface area contributed by atoms with Gasteiger partial charge in [-0.2, -0.15) is 5.10 Å². The molecule has 0 saturated heterocycles. The molecule has 2 N–H and O–H groups in total. The molecular weight excluding hydrogens is 260 g/mol. The fourth-order valence-corrected chi connectivity index (χ4v) is 1.82. The molecular formula is C13H18N4O3. The molecule has 0 aliphatic rings. The summed E-state index contributed by atoms with van der Waals surface area (Å²) in [7, 11) is 3.38. The zero-order valence-electron chi connectivity index (χ0n) is 12.0. The first-order valence-electron chi connectivity index (χ1n) is 6.19. The van der Waals surface area contributed by atoms with Gasteiger partial charge in [0, 0.05) is 26.9 Å². The van der Waals surface area contributed by atoms with E-state index in [0.29, 0.717) is 23.3 Å². The second-order valence-corrected chi connectivity index (χ2v) is 5.17. The molecule has 0 aliphatic carbocycles. The summed E-state index contributed by atoms with van der Waals surface area (Å²) in [5, 5.41) is 17.2. The van der Waals surface area contributed by atoms with Gasteiger partial charge in [0.1, 0.15) is 5.56 Å². The number of fused-ring (bicyclic) bond motifs is 1. The van der Waals surface area contributed by atoms with Gasteiger partial charge in [-0.1, -0.05) is 0 Å². The third kappa shape index (κ3) is 2.57. The molecule has 7 nitrogen and oxygen atoms in total. The van der Waals surface area contributed by atoms with Crippen molar-refractivity contribution in [2.45, 2.75) is 19.4 Å². The molecule has 0 unspecified atom stereocenters. The van der Waals surface area contributed by atoms with Crippen molar-refractivity contribution in [2.75, 3.05) is 19.0 Å². The zero-order chi connectivity index (χ0) is 14.9. The van der Waals surface area contributed by atoms with Crippen molar-refractivity contribution in [1.29, 1.82) is 0 Å². The first-order valence-corrected chi connectivity index (χ1v) is 6.19. The highest BCUT2D eigenvalue weighted by Gasteiger charge is 2.21. The Labute approximate surface area is 116 Å². The number of hydrogen-bond donors (Lipinski definition) is 2. The van der Waals surface area contributed by atoms with Crippen LogP contribution in [0.2, 0.25) is 0 Å². The maximum Gasteiger partial charge on any atom is 0.339 e. The summed E-state index contributed by atoms with van der Waals surface area (Å²) in [5.41, 5.74) is 0.860. The summed E-state index contributed by atoms with van der Waals surface area (Å²) in [6.07, 6.45) is 2.95. The van der Waals surface area contributed by atoms with Gasteiger partial charge >= 0.3 is 5.97 Å². The van der Waals surface area contributed by atoms with Crippen molar-refractivity contribution in [3.05, 3.63) is 18.0 Å². The lowest BCUT2D eigenvalue weighted by atomic mass is 10.1. The van der Waals surface area contributed by atoms with Gasteiger partial charge in [0.05, 0.1) is 22.9 Å². The Morgan fingerprint density at radius 2 is 2.20 bits per heavy atom. The number of nitrogens with zero attached hydrogens (tertiary/aromatic N) is 3. The van der Waals surface area contributed by atoms with Crippen LogP contribution < -0.4 is 5.32 Å². The van der Waals surface area contributed by atoms with E-state index >= 15 is 0 Å². The van der Waals surface area contributed by atoms with Crippen LogP contribution in [-0.2, 0) is 11.8 Å². The molecule has 0 atom stereocenters. The van der Waals surface area contributed by atoms with Gasteiger partial charge in [0.15, 0.2) is 5.65 Å². The summed E-state index contributed by atoms with van der Waals surface area (Å²) in [5.74, 6) is -1.03. The summed E-state index contributed by atoms with van der Waals surface area (Å²) >= 11 is 0. The number of ether oxygens (including phenoxy) is 1. The fraction of sp³-hybridized carbons (Fsp3) is 0.462. The minimum atomic E-state index is -1.03. The van der Waals surface area contributed by atoms with E-state index < -0.39 is 11.6 Å². The first kappa shape index (κ1) is 14.3. The second kappa shape index (κ2) is 5.09. The highest BCUT2D eigenvalue weighted by Crippen LogP contribution is 2.26. The number of methoxy groups -OCH3 is 1. The molecule has 7 heteroatoms. The Kier molecular flexibility index (Phi) is 3.63. The van der Waals surface area contributed by atoms with E-state index in [9.17, 15) is 9.90 Å². The number of nitrogens with one attached hydrogen (secondary N) is 1. The lowest BCUT2D eigenvalue weighted by molar-refractivity contribution is 0.0343. The van der Waals surface area contributed by atoms with Crippen LogP contribution in [0.4, 0.5) is 5.69 Å². The number of aryl methyl sites for hydroxylation is 1. The Balaban J connectivity index is 2.47. The Morgan fingerprint density at radius 3 is 2.80 bits per heavy atom. The Bertz CT molecular complexity index is 648. The van der Waals surface area contributed by atoms with Gasteiger partial charge in [-0.15, -0.1) is 0 Å². The number of aromatic carboxylic acids is 1. The molecule has 2 aromatic heterocycles. The number of pyridine rings is 1. The monoisotopic (exact) mass is 278 g/mol. The largest absolute Gasteiger partial charge is 0.478 e. The number of rotatable bonds is 5. The van der Waals surface area contributed by atoms with E-state index in [2.05, 4.69) is 15.4 Å². The van der Waals surface area contributed by atoms with E-state index in [1.165, 1.54) is 6.20 Å². The van der Waals surface area contributed by atoms with Crippen molar-refractivity contribution < 1.29 is 14.6 Å². The van der Waals surface area contributed by atoms with Crippen LogP contribution in [0.25, 0.3) is 11.0 Å². The smallest absolute Gasteiger partial charge is 0.339 e. The molecule has 2 heterocycles. The minimum absolute atomic E-state index is 0.123. The lowest BCUT2D eigenvalue weighted by Gasteiger charge is -2.24. The Morgan fingerprint density at radius 1 is 1.50 bits per heavy atom. The van der Waals surface area contributed by atoms with Gasteiger partial charge in [-0.3, -0.25) is 4.68 Å².